The maximum absolute atomic E-state index is 15.3. The molecule has 0 bridgehead atoms. The van der Waals surface area contributed by atoms with Crippen molar-refractivity contribution in [1.29, 1.82) is 0 Å². The summed E-state index contributed by atoms with van der Waals surface area (Å²) in [4.78, 5) is 36.0. The molecule has 0 unspecified atom stereocenters. The molecule has 2 aromatic heterocycles. The van der Waals surface area contributed by atoms with Gasteiger partial charge in [0.15, 0.2) is 0 Å². The maximum Gasteiger partial charge on any atom is 0.268 e. The minimum Gasteiger partial charge on any atom is -0.308 e. The van der Waals surface area contributed by atoms with Gasteiger partial charge in [-0.2, -0.15) is 0 Å². The number of nitrogens with zero attached hydrogens (tertiary/aromatic N) is 3. The van der Waals surface area contributed by atoms with Crippen molar-refractivity contribution in [1.82, 2.24) is 9.55 Å². The van der Waals surface area contributed by atoms with Crippen molar-refractivity contribution in [2.45, 2.75) is 0 Å². The van der Waals surface area contributed by atoms with Crippen LogP contribution in [0.2, 0.25) is 0 Å². The number of rotatable bonds is 6. The van der Waals surface area contributed by atoms with Crippen molar-refractivity contribution in [3.05, 3.63) is 199 Å². The standard InChI is InChI=1S/C49H31N3O2/c53-48-40-22-12-24-44(51-43-23-11-10-21-38(43)39-26-25-35(30-45(39)51)36-20-13-27-50-31-36)46(40)49(54)52(48)47-41(33-16-6-2-7-17-33)28-37(32-14-4-1-5-15-32)29-42(47)34-18-8-3-9-19-34/h1-31H. The first-order valence-electron chi connectivity index (χ1n) is 18.0. The van der Waals surface area contributed by atoms with Gasteiger partial charge in [0.1, 0.15) is 0 Å². The number of amides is 2. The third-order valence-corrected chi connectivity index (χ3v) is 10.4. The van der Waals surface area contributed by atoms with Crippen LogP contribution in [0.1, 0.15) is 20.7 Å². The predicted molar refractivity (Wildman–Crippen MR) is 218 cm³/mol. The zero-order chi connectivity index (χ0) is 36.2. The van der Waals surface area contributed by atoms with E-state index in [1.165, 1.54) is 4.90 Å². The lowest BCUT2D eigenvalue weighted by Gasteiger charge is -2.24. The summed E-state index contributed by atoms with van der Waals surface area (Å²) in [7, 11) is 0. The van der Waals surface area contributed by atoms with Gasteiger partial charge < -0.3 is 4.57 Å². The minimum absolute atomic E-state index is 0.351. The molecule has 0 atom stereocenters. The van der Waals surface area contributed by atoms with Gasteiger partial charge in [0.2, 0.25) is 0 Å². The van der Waals surface area contributed by atoms with Gasteiger partial charge in [-0.15, -0.1) is 0 Å². The summed E-state index contributed by atoms with van der Waals surface area (Å²) in [5, 5.41) is 2.12. The van der Waals surface area contributed by atoms with Crippen LogP contribution in [-0.2, 0) is 0 Å². The van der Waals surface area contributed by atoms with E-state index in [1.807, 2.05) is 121 Å². The highest BCUT2D eigenvalue weighted by Gasteiger charge is 2.41. The van der Waals surface area contributed by atoms with Crippen LogP contribution in [0, 0.1) is 0 Å². The molecule has 0 N–H and O–H groups in total. The molecule has 10 rings (SSSR count). The lowest BCUT2D eigenvalue weighted by Crippen LogP contribution is -2.30. The molecule has 54 heavy (non-hydrogen) atoms. The number of hydrogen-bond acceptors (Lipinski definition) is 3. The largest absolute Gasteiger partial charge is 0.308 e. The number of benzene rings is 7. The first kappa shape index (κ1) is 31.4. The predicted octanol–water partition coefficient (Wildman–Crippen LogP) is 11.6. The van der Waals surface area contributed by atoms with Crippen LogP contribution in [0.4, 0.5) is 5.69 Å². The fourth-order valence-electron chi connectivity index (χ4n) is 7.95. The molecule has 5 heteroatoms. The molecule has 1 aliphatic rings. The van der Waals surface area contributed by atoms with Gasteiger partial charge >= 0.3 is 0 Å². The van der Waals surface area contributed by atoms with Gasteiger partial charge in [-0.25, -0.2) is 4.90 Å². The number of fused-ring (bicyclic) bond motifs is 4. The molecule has 2 amide bonds. The van der Waals surface area contributed by atoms with Crippen LogP contribution in [-0.4, -0.2) is 21.4 Å². The van der Waals surface area contributed by atoms with Crippen molar-refractivity contribution < 1.29 is 9.59 Å². The second-order valence-corrected chi connectivity index (χ2v) is 13.5. The zero-order valence-corrected chi connectivity index (χ0v) is 29.1. The highest BCUT2D eigenvalue weighted by Crippen LogP contribution is 2.47. The lowest BCUT2D eigenvalue weighted by atomic mass is 9.90. The summed E-state index contributed by atoms with van der Waals surface area (Å²) < 4.78 is 2.13. The second kappa shape index (κ2) is 12.7. The first-order chi connectivity index (χ1) is 26.7. The molecule has 0 saturated heterocycles. The van der Waals surface area contributed by atoms with Gasteiger partial charge in [-0.05, 0) is 70.3 Å². The van der Waals surface area contributed by atoms with Gasteiger partial charge in [-0.1, -0.05) is 133 Å². The fourth-order valence-corrected chi connectivity index (χ4v) is 7.95. The summed E-state index contributed by atoms with van der Waals surface area (Å²) in [6.45, 7) is 0. The quantitative estimate of drug-likeness (QED) is 0.163. The molecule has 3 heterocycles. The van der Waals surface area contributed by atoms with Crippen LogP contribution < -0.4 is 4.90 Å². The average Bonchev–Trinajstić information content (AvgIpc) is 3.71. The number of carbonyl (C=O) groups excluding carboxylic acids is 2. The molecule has 0 radical (unpaired) electrons. The highest BCUT2D eigenvalue weighted by atomic mass is 16.2. The highest BCUT2D eigenvalue weighted by molar-refractivity contribution is 6.37. The fraction of sp³-hybridized carbons (Fsp3) is 0. The number of carbonyl (C=O) groups is 2. The normalized spacial score (nSPS) is 12.5. The van der Waals surface area contributed by atoms with E-state index in [-0.39, 0.29) is 11.8 Å². The molecular formula is C49H31N3O2. The molecule has 5 nitrogen and oxygen atoms in total. The summed E-state index contributed by atoms with van der Waals surface area (Å²) in [6, 6.07) is 58.6. The Balaban J connectivity index is 1.23. The molecule has 0 fully saturated rings. The van der Waals surface area contributed by atoms with Gasteiger partial charge in [-0.3, -0.25) is 14.6 Å². The molecule has 0 aliphatic carbocycles. The van der Waals surface area contributed by atoms with E-state index < -0.39 is 0 Å². The number of aromatic nitrogens is 2. The second-order valence-electron chi connectivity index (χ2n) is 13.5. The molecule has 9 aromatic rings. The summed E-state index contributed by atoms with van der Waals surface area (Å²) >= 11 is 0. The van der Waals surface area contributed by atoms with E-state index >= 15 is 4.79 Å². The van der Waals surface area contributed by atoms with Crippen LogP contribution in [0.15, 0.2) is 188 Å². The van der Waals surface area contributed by atoms with Crippen molar-refractivity contribution in [2.24, 2.45) is 0 Å². The van der Waals surface area contributed by atoms with Gasteiger partial charge in [0.25, 0.3) is 11.8 Å². The third kappa shape index (κ3) is 4.98. The maximum atomic E-state index is 15.3. The van der Waals surface area contributed by atoms with Gasteiger partial charge in [0.05, 0.1) is 33.5 Å². The van der Waals surface area contributed by atoms with E-state index in [2.05, 4.69) is 64.1 Å². The van der Waals surface area contributed by atoms with E-state index in [0.29, 0.717) is 22.5 Å². The molecule has 0 saturated carbocycles. The Morgan fingerprint density at radius 3 is 1.69 bits per heavy atom. The van der Waals surface area contributed by atoms with E-state index in [1.54, 1.807) is 12.3 Å². The van der Waals surface area contributed by atoms with Crippen LogP contribution >= 0.6 is 0 Å². The van der Waals surface area contributed by atoms with Crippen molar-refractivity contribution in [3.8, 4) is 50.2 Å². The average molecular weight is 694 g/mol. The Morgan fingerprint density at radius 2 is 1.02 bits per heavy atom. The first-order valence-corrected chi connectivity index (χ1v) is 18.0. The Morgan fingerprint density at radius 1 is 0.407 bits per heavy atom. The third-order valence-electron chi connectivity index (χ3n) is 10.4. The van der Waals surface area contributed by atoms with Crippen molar-refractivity contribution in [3.63, 3.8) is 0 Å². The number of imide groups is 1. The minimum atomic E-state index is -0.359. The Kier molecular flexibility index (Phi) is 7.37. The van der Waals surface area contributed by atoms with E-state index in [4.69, 9.17) is 0 Å². The van der Waals surface area contributed by atoms with Crippen molar-refractivity contribution >= 4 is 39.3 Å². The smallest absolute Gasteiger partial charge is 0.268 e. The molecule has 7 aromatic carbocycles. The Labute approximate surface area is 312 Å². The number of para-hydroxylation sites is 1. The van der Waals surface area contributed by atoms with Gasteiger partial charge in [0, 0.05) is 39.9 Å². The van der Waals surface area contributed by atoms with Crippen molar-refractivity contribution in [2.75, 3.05) is 4.90 Å². The zero-order valence-electron chi connectivity index (χ0n) is 29.1. The monoisotopic (exact) mass is 693 g/mol. The Bertz CT molecular complexity index is 2840. The molecular weight excluding hydrogens is 663 g/mol. The molecule has 254 valence electrons. The number of hydrogen-bond donors (Lipinski definition) is 0. The van der Waals surface area contributed by atoms with Crippen LogP contribution in [0.3, 0.4) is 0 Å². The summed E-state index contributed by atoms with van der Waals surface area (Å²) in [5.74, 6) is -0.711. The molecule has 0 spiro atoms. The topological polar surface area (TPSA) is 55.2 Å². The summed E-state index contributed by atoms with van der Waals surface area (Å²) in [6.07, 6.45) is 3.62. The Hall–Kier alpha value is -7.37. The van der Waals surface area contributed by atoms with Crippen LogP contribution in [0.5, 0.6) is 0 Å². The number of anilines is 1. The number of pyridine rings is 1. The van der Waals surface area contributed by atoms with E-state index in [0.717, 1.165) is 66.3 Å². The van der Waals surface area contributed by atoms with Crippen LogP contribution in [0.25, 0.3) is 72.0 Å². The SMILES string of the molecule is O=C1c2cccc(-n3c4ccccc4c4ccc(-c5cccnc5)cc43)c2C(=O)N1c1c(-c2ccccc2)cc(-c2ccccc2)cc1-c1ccccc1. The van der Waals surface area contributed by atoms with E-state index in [9.17, 15) is 4.79 Å². The molecule has 1 aliphatic heterocycles. The lowest BCUT2D eigenvalue weighted by molar-refractivity contribution is 0.0926. The summed E-state index contributed by atoms with van der Waals surface area (Å²) in [5.41, 5.74) is 11.3.